The van der Waals surface area contributed by atoms with Gasteiger partial charge >= 0.3 is 0 Å². The van der Waals surface area contributed by atoms with Crippen LogP contribution in [0.15, 0.2) is 18.2 Å². The van der Waals surface area contributed by atoms with E-state index in [1.165, 1.54) is 62.8 Å². The van der Waals surface area contributed by atoms with Crippen molar-refractivity contribution in [2.45, 2.75) is 117 Å². The van der Waals surface area contributed by atoms with E-state index in [1.54, 1.807) is 6.07 Å². The summed E-state index contributed by atoms with van der Waals surface area (Å²) in [5.41, 5.74) is 14.6. The lowest BCUT2D eigenvalue weighted by Crippen LogP contribution is -2.38. The highest BCUT2D eigenvalue weighted by Crippen LogP contribution is 2.53. The normalized spacial score (nSPS) is 17.9. The number of benzene rings is 3. The number of aryl methyl sites for hydroxylation is 2. The van der Waals surface area contributed by atoms with Crippen LogP contribution >= 0.6 is 23.2 Å². The Kier molecular flexibility index (Phi) is 9.22. The molecule has 0 N–H and O–H groups in total. The molecule has 1 unspecified atom stereocenters. The van der Waals surface area contributed by atoms with Crippen LogP contribution < -0.4 is 9.80 Å². The molecule has 7 rings (SSSR count). The Morgan fingerprint density at radius 2 is 1.35 bits per heavy atom. The second-order valence-electron chi connectivity index (χ2n) is 14.9. The van der Waals surface area contributed by atoms with E-state index in [2.05, 4.69) is 42.7 Å². The first kappa shape index (κ1) is 33.7. The Balaban J connectivity index is 1.65. The van der Waals surface area contributed by atoms with E-state index in [9.17, 15) is 9.59 Å². The average Bonchev–Trinajstić information content (AvgIpc) is 3.08. The number of anilines is 2. The molecule has 48 heavy (non-hydrogen) atoms. The Bertz CT molecular complexity index is 1820. The van der Waals surface area contributed by atoms with Crippen LogP contribution in [0.3, 0.4) is 0 Å². The van der Waals surface area contributed by atoms with Gasteiger partial charge in [0.1, 0.15) is 0 Å². The van der Waals surface area contributed by atoms with Gasteiger partial charge in [-0.2, -0.15) is 0 Å². The molecular weight excluding hydrogens is 635 g/mol. The summed E-state index contributed by atoms with van der Waals surface area (Å²) < 4.78 is 0. The van der Waals surface area contributed by atoms with Gasteiger partial charge in [-0.25, -0.2) is 0 Å². The molecule has 0 radical (unpaired) electrons. The summed E-state index contributed by atoms with van der Waals surface area (Å²) in [4.78, 5) is 32.5. The molecule has 4 nitrogen and oxygen atoms in total. The van der Waals surface area contributed by atoms with E-state index in [1.807, 2.05) is 6.92 Å². The number of hydrogen-bond donors (Lipinski definition) is 0. The molecule has 0 spiro atoms. The number of Topliss-reactive ketones (excluding diaryl/α,β-unsaturated/α-hetero) is 2. The van der Waals surface area contributed by atoms with Gasteiger partial charge in [0.15, 0.2) is 11.6 Å². The molecule has 0 aromatic heterocycles. The molecule has 3 aromatic rings. The Hall–Kier alpha value is -2.82. The van der Waals surface area contributed by atoms with E-state index >= 15 is 0 Å². The van der Waals surface area contributed by atoms with Crippen molar-refractivity contribution in [2.24, 2.45) is 0 Å². The molecule has 4 heterocycles. The minimum atomic E-state index is -0.778. The lowest BCUT2D eigenvalue weighted by Gasteiger charge is -2.44. The zero-order chi connectivity index (χ0) is 33.9. The fraction of sp³-hybridized carbons (Fsp3) is 0.524. The van der Waals surface area contributed by atoms with Gasteiger partial charge in [0, 0.05) is 65.5 Å². The third-order valence-electron chi connectivity index (χ3n) is 11.9. The predicted molar refractivity (Wildman–Crippen MR) is 201 cm³/mol. The van der Waals surface area contributed by atoms with Gasteiger partial charge in [0.2, 0.25) is 0 Å². The van der Waals surface area contributed by atoms with Crippen molar-refractivity contribution < 1.29 is 9.59 Å². The van der Waals surface area contributed by atoms with E-state index in [0.717, 1.165) is 96.0 Å². The molecule has 4 aliphatic rings. The van der Waals surface area contributed by atoms with Crippen LogP contribution in [-0.2, 0) is 37.5 Å². The van der Waals surface area contributed by atoms with Crippen molar-refractivity contribution in [1.29, 1.82) is 0 Å². The Labute approximate surface area is 297 Å². The van der Waals surface area contributed by atoms with Crippen LogP contribution in [0, 0.1) is 6.92 Å². The van der Waals surface area contributed by atoms with Gasteiger partial charge in [-0.3, -0.25) is 9.59 Å². The van der Waals surface area contributed by atoms with Crippen molar-refractivity contribution in [1.82, 2.24) is 0 Å². The summed E-state index contributed by atoms with van der Waals surface area (Å²) in [6, 6.07) is 6.71. The average molecular weight is 686 g/mol. The zero-order valence-electron chi connectivity index (χ0n) is 29.5. The molecule has 0 aliphatic carbocycles. The maximum Gasteiger partial charge on any atom is 0.164 e. The van der Waals surface area contributed by atoms with Crippen LogP contribution in [-0.4, -0.2) is 37.7 Å². The molecule has 0 saturated heterocycles. The third-order valence-corrected chi connectivity index (χ3v) is 12.6. The van der Waals surface area contributed by atoms with Gasteiger partial charge in [-0.15, -0.1) is 0 Å². The van der Waals surface area contributed by atoms with E-state index in [4.69, 9.17) is 23.2 Å². The lowest BCUT2D eigenvalue weighted by atomic mass is 9.63. The van der Waals surface area contributed by atoms with Crippen LogP contribution in [0.25, 0.3) is 0 Å². The molecule has 0 saturated carbocycles. The Morgan fingerprint density at radius 1 is 0.792 bits per heavy atom. The topological polar surface area (TPSA) is 40.6 Å². The first-order chi connectivity index (χ1) is 23.1. The fourth-order valence-electron chi connectivity index (χ4n) is 9.84. The second-order valence-corrected chi connectivity index (χ2v) is 15.7. The first-order valence-corrected chi connectivity index (χ1v) is 19.3. The molecule has 0 fully saturated rings. The van der Waals surface area contributed by atoms with Crippen molar-refractivity contribution in [3.63, 3.8) is 0 Å². The molecule has 0 amide bonds. The molecular formula is C42H50Cl2N2O2. The minimum absolute atomic E-state index is 0.0423. The highest BCUT2D eigenvalue weighted by Gasteiger charge is 2.44. The Morgan fingerprint density at radius 3 is 1.94 bits per heavy atom. The fourth-order valence-corrected chi connectivity index (χ4v) is 10.6. The predicted octanol–water partition coefficient (Wildman–Crippen LogP) is 10.2. The first-order valence-electron chi connectivity index (χ1n) is 18.5. The molecule has 1 atom stereocenters. The van der Waals surface area contributed by atoms with Crippen molar-refractivity contribution >= 4 is 46.1 Å². The summed E-state index contributed by atoms with van der Waals surface area (Å²) in [7, 11) is 0. The van der Waals surface area contributed by atoms with E-state index in [-0.39, 0.29) is 16.6 Å². The van der Waals surface area contributed by atoms with Gasteiger partial charge in [-0.1, -0.05) is 55.6 Å². The monoisotopic (exact) mass is 684 g/mol. The quantitative estimate of drug-likeness (QED) is 0.166. The van der Waals surface area contributed by atoms with E-state index in [0.29, 0.717) is 29.0 Å². The summed E-state index contributed by atoms with van der Waals surface area (Å²) in [6.45, 7) is 14.9. The van der Waals surface area contributed by atoms with Crippen molar-refractivity contribution in [2.75, 3.05) is 36.0 Å². The molecule has 254 valence electrons. The maximum absolute atomic E-state index is 14.4. The number of hydrogen-bond acceptors (Lipinski definition) is 4. The molecule has 3 aromatic carbocycles. The summed E-state index contributed by atoms with van der Waals surface area (Å²) in [5.74, 6) is -0.223. The smallest absolute Gasteiger partial charge is 0.164 e. The second kappa shape index (κ2) is 13.1. The van der Waals surface area contributed by atoms with Crippen molar-refractivity contribution in [3.05, 3.63) is 89.4 Å². The standard InChI is InChI=1S/C42H50Cl2N2O2/c1-6-12-30-31-17-11-21-46-19-9-15-28(41(31)46)23-34(30)42(5,33-22-27-14-8-18-45-20-10-16-29(25(33)3)40(27)45)38-35(43)24-32(26(4)47)39(44)37(38)36(48)13-7-2/h22-24H,6-21H2,1-5H3. The van der Waals surface area contributed by atoms with Crippen LogP contribution in [0.5, 0.6) is 0 Å². The molecule has 4 aliphatic heterocycles. The largest absolute Gasteiger partial charge is 0.371 e. The lowest BCUT2D eigenvalue weighted by molar-refractivity contribution is 0.0980. The molecule has 0 bridgehead atoms. The van der Waals surface area contributed by atoms with Crippen LogP contribution in [0.1, 0.15) is 143 Å². The van der Waals surface area contributed by atoms with Crippen molar-refractivity contribution in [3.8, 4) is 0 Å². The minimum Gasteiger partial charge on any atom is -0.371 e. The summed E-state index contributed by atoms with van der Waals surface area (Å²) >= 11 is 14.7. The van der Waals surface area contributed by atoms with Gasteiger partial charge in [0.05, 0.1) is 5.02 Å². The number of nitrogens with zero attached hydrogens (tertiary/aromatic N) is 2. The maximum atomic E-state index is 14.4. The zero-order valence-corrected chi connectivity index (χ0v) is 31.0. The van der Waals surface area contributed by atoms with Gasteiger partial charge in [-0.05, 0) is 141 Å². The van der Waals surface area contributed by atoms with Gasteiger partial charge < -0.3 is 9.80 Å². The molecule has 6 heteroatoms. The van der Waals surface area contributed by atoms with Gasteiger partial charge in [0.25, 0.3) is 0 Å². The van der Waals surface area contributed by atoms with Crippen LogP contribution in [0.2, 0.25) is 10.0 Å². The third kappa shape index (κ3) is 5.23. The number of carbonyl (C=O) groups is 2. The van der Waals surface area contributed by atoms with Crippen LogP contribution in [0.4, 0.5) is 11.4 Å². The number of rotatable bonds is 9. The van der Waals surface area contributed by atoms with E-state index < -0.39 is 5.41 Å². The number of halogens is 2. The highest BCUT2D eigenvalue weighted by atomic mass is 35.5. The summed E-state index contributed by atoms with van der Waals surface area (Å²) in [6.07, 6.45) is 11.8. The number of ketones is 2. The SMILES string of the molecule is CCCC(=O)c1c(Cl)c(C(C)=O)cc(Cl)c1C(C)(c1cc2c3c(c1C)CCCN3CCC2)c1cc2c3c(c1CCC)CCCN3CCC2. The summed E-state index contributed by atoms with van der Waals surface area (Å²) in [5, 5.41) is 0.701. The number of carbonyl (C=O) groups excluding carboxylic acids is 2. The highest BCUT2D eigenvalue weighted by molar-refractivity contribution is 6.39.